The Balaban J connectivity index is 1.78. The summed E-state index contributed by atoms with van der Waals surface area (Å²) in [6, 6.07) is 6.46. The van der Waals surface area contributed by atoms with Gasteiger partial charge in [-0.25, -0.2) is 0 Å². The Kier molecular flexibility index (Phi) is 4.07. The van der Waals surface area contributed by atoms with Crippen molar-refractivity contribution in [2.24, 2.45) is 0 Å². The molecule has 2 rings (SSSR count). The first-order chi connectivity index (χ1) is 7.79. The lowest BCUT2D eigenvalue weighted by molar-refractivity contribution is 0.311. The molecule has 1 aromatic rings. The highest BCUT2D eigenvalue weighted by Crippen LogP contribution is 2.29. The molecule has 0 radical (unpaired) electrons. The lowest BCUT2D eigenvalue weighted by Gasteiger charge is -2.09. The van der Waals surface area contributed by atoms with Crippen molar-refractivity contribution in [1.82, 2.24) is 5.32 Å². The zero-order chi connectivity index (χ0) is 11.4. The number of halogens is 1. The summed E-state index contributed by atoms with van der Waals surface area (Å²) in [4.78, 5) is 0. The molecule has 0 heterocycles. The van der Waals surface area contributed by atoms with E-state index in [1.807, 2.05) is 18.2 Å². The summed E-state index contributed by atoms with van der Waals surface area (Å²) in [6.07, 6.45) is 2.62. The fraction of sp³-hybridized carbons (Fsp3) is 0.500. The van der Waals surface area contributed by atoms with Gasteiger partial charge in [-0.1, -0.05) is 0 Å². The molecule has 1 saturated carbocycles. The van der Waals surface area contributed by atoms with Crippen molar-refractivity contribution in [3.63, 3.8) is 0 Å². The molecule has 0 atom stereocenters. The van der Waals surface area contributed by atoms with Crippen LogP contribution in [0.25, 0.3) is 0 Å². The zero-order valence-electron chi connectivity index (χ0n) is 9.33. The molecule has 0 amide bonds. The molecule has 0 unspecified atom stereocenters. The van der Waals surface area contributed by atoms with E-state index >= 15 is 0 Å². The number of rotatable bonds is 6. The maximum absolute atomic E-state index is 5.65. The molecule has 0 aromatic heterocycles. The summed E-state index contributed by atoms with van der Waals surface area (Å²) in [7, 11) is 1.65. The van der Waals surface area contributed by atoms with E-state index in [9.17, 15) is 0 Å². The summed E-state index contributed by atoms with van der Waals surface area (Å²) in [6.45, 7) is 1.60. The highest BCUT2D eigenvalue weighted by molar-refractivity contribution is 9.10. The molecule has 0 aliphatic heterocycles. The van der Waals surface area contributed by atoms with Crippen molar-refractivity contribution in [2.45, 2.75) is 18.9 Å². The molecule has 0 saturated heterocycles. The van der Waals surface area contributed by atoms with Gasteiger partial charge in [0.25, 0.3) is 0 Å². The van der Waals surface area contributed by atoms with Crippen LogP contribution in [0.4, 0.5) is 0 Å². The van der Waals surface area contributed by atoms with Gasteiger partial charge in [0.2, 0.25) is 0 Å². The molecule has 0 spiro atoms. The SMILES string of the molecule is COc1ccc(OCCNC2CC2)c(Br)c1. The number of methoxy groups -OCH3 is 1. The van der Waals surface area contributed by atoms with Gasteiger partial charge in [-0.3, -0.25) is 0 Å². The average molecular weight is 286 g/mol. The lowest BCUT2D eigenvalue weighted by Crippen LogP contribution is -2.22. The van der Waals surface area contributed by atoms with Gasteiger partial charge in [-0.2, -0.15) is 0 Å². The second kappa shape index (κ2) is 5.55. The van der Waals surface area contributed by atoms with E-state index in [0.717, 1.165) is 28.6 Å². The minimum Gasteiger partial charge on any atom is -0.497 e. The normalized spacial score (nSPS) is 14.9. The molecule has 1 aromatic carbocycles. The van der Waals surface area contributed by atoms with Crippen LogP contribution in [0.1, 0.15) is 12.8 Å². The van der Waals surface area contributed by atoms with E-state index in [1.165, 1.54) is 12.8 Å². The summed E-state index contributed by atoms with van der Waals surface area (Å²) < 4.78 is 11.7. The van der Waals surface area contributed by atoms with Gasteiger partial charge in [0.15, 0.2) is 0 Å². The number of ether oxygens (including phenoxy) is 2. The molecule has 1 N–H and O–H groups in total. The Bertz CT molecular complexity index is 353. The smallest absolute Gasteiger partial charge is 0.133 e. The van der Waals surface area contributed by atoms with Crippen molar-refractivity contribution in [1.29, 1.82) is 0 Å². The Morgan fingerprint density at radius 3 is 2.88 bits per heavy atom. The quantitative estimate of drug-likeness (QED) is 0.815. The van der Waals surface area contributed by atoms with Gasteiger partial charge in [0.1, 0.15) is 18.1 Å². The van der Waals surface area contributed by atoms with E-state index in [-0.39, 0.29) is 0 Å². The first-order valence-corrected chi connectivity index (χ1v) is 6.28. The van der Waals surface area contributed by atoms with Gasteiger partial charge in [0.05, 0.1) is 11.6 Å². The second-order valence-corrected chi connectivity index (χ2v) is 4.73. The van der Waals surface area contributed by atoms with Crippen LogP contribution in [-0.2, 0) is 0 Å². The van der Waals surface area contributed by atoms with E-state index in [1.54, 1.807) is 7.11 Å². The van der Waals surface area contributed by atoms with E-state index in [4.69, 9.17) is 9.47 Å². The average Bonchev–Trinajstić information content (AvgIpc) is 3.10. The highest BCUT2D eigenvalue weighted by atomic mass is 79.9. The van der Waals surface area contributed by atoms with E-state index < -0.39 is 0 Å². The van der Waals surface area contributed by atoms with Gasteiger partial charge >= 0.3 is 0 Å². The fourth-order valence-electron chi connectivity index (χ4n) is 1.44. The number of hydrogen-bond acceptors (Lipinski definition) is 3. The predicted molar refractivity (Wildman–Crippen MR) is 67.2 cm³/mol. The van der Waals surface area contributed by atoms with E-state index in [2.05, 4.69) is 21.2 Å². The number of benzene rings is 1. The summed E-state index contributed by atoms with van der Waals surface area (Å²) in [5.41, 5.74) is 0. The molecule has 0 bridgehead atoms. The van der Waals surface area contributed by atoms with Crippen molar-refractivity contribution >= 4 is 15.9 Å². The maximum atomic E-state index is 5.65. The van der Waals surface area contributed by atoms with Crippen molar-refractivity contribution < 1.29 is 9.47 Å². The third-order valence-corrected chi connectivity index (χ3v) is 3.13. The summed E-state index contributed by atoms with van der Waals surface area (Å²) >= 11 is 3.46. The molecule has 3 nitrogen and oxygen atoms in total. The predicted octanol–water partition coefficient (Wildman–Crippen LogP) is 2.59. The maximum Gasteiger partial charge on any atom is 0.133 e. The third-order valence-electron chi connectivity index (χ3n) is 2.51. The van der Waals surface area contributed by atoms with Crippen molar-refractivity contribution in [3.8, 4) is 11.5 Å². The van der Waals surface area contributed by atoms with Gasteiger partial charge in [-0.05, 0) is 47.0 Å². The van der Waals surface area contributed by atoms with Crippen LogP contribution in [0.15, 0.2) is 22.7 Å². The number of nitrogens with one attached hydrogen (secondary N) is 1. The third kappa shape index (κ3) is 3.39. The summed E-state index contributed by atoms with van der Waals surface area (Å²) in [5, 5.41) is 3.40. The van der Waals surface area contributed by atoms with Gasteiger partial charge in [0, 0.05) is 12.6 Å². The Hall–Kier alpha value is -0.740. The van der Waals surface area contributed by atoms with Crippen molar-refractivity contribution in [2.75, 3.05) is 20.3 Å². The molecule has 1 aliphatic carbocycles. The minimum absolute atomic E-state index is 0.696. The highest BCUT2D eigenvalue weighted by Gasteiger charge is 2.19. The van der Waals surface area contributed by atoms with Crippen LogP contribution in [0.5, 0.6) is 11.5 Å². The Morgan fingerprint density at radius 2 is 2.25 bits per heavy atom. The standard InChI is InChI=1S/C12H16BrNO2/c1-15-10-4-5-12(11(13)8-10)16-7-6-14-9-2-3-9/h4-5,8-9,14H,2-3,6-7H2,1H3. The van der Waals surface area contributed by atoms with Crippen LogP contribution in [0.2, 0.25) is 0 Å². The fourth-order valence-corrected chi connectivity index (χ4v) is 1.91. The zero-order valence-corrected chi connectivity index (χ0v) is 10.9. The number of hydrogen-bond donors (Lipinski definition) is 1. The monoisotopic (exact) mass is 285 g/mol. The van der Waals surface area contributed by atoms with Crippen molar-refractivity contribution in [3.05, 3.63) is 22.7 Å². The lowest BCUT2D eigenvalue weighted by atomic mass is 10.3. The molecular formula is C12H16BrNO2. The molecule has 16 heavy (non-hydrogen) atoms. The van der Waals surface area contributed by atoms with Crippen LogP contribution < -0.4 is 14.8 Å². The molecule has 88 valence electrons. The van der Waals surface area contributed by atoms with Gasteiger partial charge < -0.3 is 14.8 Å². The van der Waals surface area contributed by atoms with E-state index in [0.29, 0.717) is 6.61 Å². The Morgan fingerprint density at radius 1 is 1.44 bits per heavy atom. The second-order valence-electron chi connectivity index (χ2n) is 3.87. The van der Waals surface area contributed by atoms with Gasteiger partial charge in [-0.15, -0.1) is 0 Å². The molecule has 1 fully saturated rings. The van der Waals surface area contributed by atoms with Crippen LogP contribution in [0.3, 0.4) is 0 Å². The first kappa shape index (κ1) is 11.7. The molecule has 4 heteroatoms. The first-order valence-electron chi connectivity index (χ1n) is 5.49. The van der Waals surface area contributed by atoms with Crippen LogP contribution in [-0.4, -0.2) is 26.3 Å². The molecule has 1 aliphatic rings. The summed E-state index contributed by atoms with van der Waals surface area (Å²) in [5.74, 6) is 1.69. The minimum atomic E-state index is 0.696. The van der Waals surface area contributed by atoms with Crippen LogP contribution in [0, 0.1) is 0 Å². The largest absolute Gasteiger partial charge is 0.497 e. The van der Waals surface area contributed by atoms with Crippen LogP contribution >= 0.6 is 15.9 Å². The Labute approximate surface area is 104 Å². The topological polar surface area (TPSA) is 30.5 Å². The molecular weight excluding hydrogens is 270 g/mol.